The Balaban J connectivity index is 1.52. The summed E-state index contributed by atoms with van der Waals surface area (Å²) in [5.41, 5.74) is 11.1. The van der Waals surface area contributed by atoms with E-state index in [1.165, 1.54) is 0 Å². The molecule has 0 aliphatic rings. The standard InChI is InChI=1S/C33H34BrN3O3/c34-30-12-8-25(9-13-30)21-32(39)37(19-16-24-10-14-31(38)15-11-24)23-26-4-1-5-27(20-26)28-6-2-7-29(22-28)33(40)36-18-3-17-35/h1-2,4-15,20,22,38H,3,16-19,21,23,35H2,(H,36,40). The Labute approximate surface area is 244 Å². The molecule has 7 heteroatoms. The second-order valence-corrected chi connectivity index (χ2v) is 10.6. The smallest absolute Gasteiger partial charge is 0.251 e. The van der Waals surface area contributed by atoms with E-state index in [0.717, 1.165) is 38.7 Å². The van der Waals surface area contributed by atoms with Crippen molar-refractivity contribution in [2.45, 2.75) is 25.8 Å². The molecule has 0 bridgehead atoms. The van der Waals surface area contributed by atoms with Gasteiger partial charge in [-0.05, 0) is 89.7 Å². The fraction of sp³-hybridized carbons (Fsp3) is 0.212. The van der Waals surface area contributed by atoms with E-state index in [1.54, 1.807) is 18.2 Å². The first kappa shape index (κ1) is 29.1. The van der Waals surface area contributed by atoms with Gasteiger partial charge in [-0.15, -0.1) is 0 Å². The highest BCUT2D eigenvalue weighted by Gasteiger charge is 2.16. The Bertz CT molecular complexity index is 1420. The van der Waals surface area contributed by atoms with Gasteiger partial charge in [-0.25, -0.2) is 0 Å². The summed E-state index contributed by atoms with van der Waals surface area (Å²) in [4.78, 5) is 27.9. The van der Waals surface area contributed by atoms with Crippen LogP contribution in [0.5, 0.6) is 5.75 Å². The minimum atomic E-state index is -0.120. The van der Waals surface area contributed by atoms with Gasteiger partial charge in [-0.3, -0.25) is 9.59 Å². The van der Waals surface area contributed by atoms with Crippen molar-refractivity contribution in [3.05, 3.63) is 124 Å². The molecule has 0 aliphatic heterocycles. The maximum absolute atomic E-state index is 13.5. The lowest BCUT2D eigenvalue weighted by atomic mass is 10.0. The zero-order valence-corrected chi connectivity index (χ0v) is 23.9. The molecule has 0 unspecified atom stereocenters. The maximum atomic E-state index is 13.5. The van der Waals surface area contributed by atoms with E-state index in [1.807, 2.05) is 77.7 Å². The van der Waals surface area contributed by atoms with Gasteiger partial charge in [0.1, 0.15) is 5.75 Å². The summed E-state index contributed by atoms with van der Waals surface area (Å²) in [6, 6.07) is 30.5. The molecule has 6 nitrogen and oxygen atoms in total. The van der Waals surface area contributed by atoms with Crippen molar-refractivity contribution < 1.29 is 14.7 Å². The first-order chi connectivity index (χ1) is 19.4. The number of carbonyl (C=O) groups excluding carboxylic acids is 2. The Kier molecular flexibility index (Phi) is 10.5. The molecule has 0 spiro atoms. The predicted octanol–water partition coefficient (Wildman–Crippen LogP) is 5.71. The van der Waals surface area contributed by atoms with Crippen LogP contribution < -0.4 is 11.1 Å². The number of nitrogens with zero attached hydrogens (tertiary/aromatic N) is 1. The van der Waals surface area contributed by atoms with Crippen LogP contribution in [0.15, 0.2) is 102 Å². The molecule has 0 aromatic heterocycles. The molecule has 0 radical (unpaired) electrons. The van der Waals surface area contributed by atoms with Crippen molar-refractivity contribution in [3.8, 4) is 16.9 Å². The van der Waals surface area contributed by atoms with Crippen LogP contribution in [0.2, 0.25) is 0 Å². The Hall–Kier alpha value is -3.94. The van der Waals surface area contributed by atoms with Crippen LogP contribution in [-0.4, -0.2) is 41.5 Å². The minimum absolute atomic E-state index is 0.0441. The summed E-state index contributed by atoms with van der Waals surface area (Å²) >= 11 is 3.45. The van der Waals surface area contributed by atoms with Crippen LogP contribution in [0.25, 0.3) is 11.1 Å². The van der Waals surface area contributed by atoms with Crippen LogP contribution in [0.3, 0.4) is 0 Å². The van der Waals surface area contributed by atoms with Crippen molar-refractivity contribution in [3.63, 3.8) is 0 Å². The monoisotopic (exact) mass is 599 g/mol. The number of carbonyl (C=O) groups is 2. The molecule has 40 heavy (non-hydrogen) atoms. The Morgan fingerprint density at radius 2 is 1.50 bits per heavy atom. The van der Waals surface area contributed by atoms with Crippen molar-refractivity contribution in [2.24, 2.45) is 5.73 Å². The highest BCUT2D eigenvalue weighted by Crippen LogP contribution is 2.23. The molecule has 0 aliphatic carbocycles. The van der Waals surface area contributed by atoms with Gasteiger partial charge in [0, 0.05) is 29.7 Å². The van der Waals surface area contributed by atoms with E-state index in [9.17, 15) is 14.7 Å². The number of nitrogens with two attached hydrogens (primary N) is 1. The van der Waals surface area contributed by atoms with E-state index in [4.69, 9.17) is 5.73 Å². The quantitative estimate of drug-likeness (QED) is 0.182. The Morgan fingerprint density at radius 1 is 0.825 bits per heavy atom. The normalized spacial score (nSPS) is 10.8. The fourth-order valence-electron chi connectivity index (χ4n) is 4.42. The van der Waals surface area contributed by atoms with Crippen molar-refractivity contribution in [2.75, 3.05) is 19.6 Å². The first-order valence-corrected chi connectivity index (χ1v) is 14.2. The maximum Gasteiger partial charge on any atom is 0.251 e. The minimum Gasteiger partial charge on any atom is -0.508 e. The number of nitrogens with one attached hydrogen (secondary N) is 1. The van der Waals surface area contributed by atoms with Gasteiger partial charge in [0.25, 0.3) is 5.91 Å². The third-order valence-electron chi connectivity index (χ3n) is 6.65. The SMILES string of the molecule is NCCCNC(=O)c1cccc(-c2cccc(CN(CCc3ccc(O)cc3)C(=O)Cc3ccc(Br)cc3)c2)c1. The first-order valence-electron chi connectivity index (χ1n) is 13.4. The summed E-state index contributed by atoms with van der Waals surface area (Å²) in [5, 5.41) is 12.5. The number of aromatic hydroxyl groups is 1. The molecule has 4 aromatic rings. The highest BCUT2D eigenvalue weighted by molar-refractivity contribution is 9.10. The zero-order chi connectivity index (χ0) is 28.3. The van der Waals surface area contributed by atoms with Gasteiger partial charge in [0.2, 0.25) is 5.91 Å². The number of benzene rings is 4. The number of phenolic OH excluding ortho intramolecular Hbond substituents is 1. The molecule has 0 atom stereocenters. The van der Waals surface area contributed by atoms with Crippen LogP contribution in [0, 0.1) is 0 Å². The van der Waals surface area contributed by atoms with E-state index in [2.05, 4.69) is 27.3 Å². The molecule has 4 N–H and O–H groups in total. The molecular weight excluding hydrogens is 566 g/mol. The molecule has 0 saturated carbocycles. The van der Waals surface area contributed by atoms with Crippen LogP contribution in [0.4, 0.5) is 0 Å². The van der Waals surface area contributed by atoms with Gasteiger partial charge in [0.05, 0.1) is 6.42 Å². The molecule has 2 amide bonds. The highest BCUT2D eigenvalue weighted by atomic mass is 79.9. The fourth-order valence-corrected chi connectivity index (χ4v) is 4.69. The molecule has 0 heterocycles. The van der Waals surface area contributed by atoms with Gasteiger partial charge >= 0.3 is 0 Å². The number of rotatable bonds is 12. The van der Waals surface area contributed by atoms with E-state index >= 15 is 0 Å². The third kappa shape index (κ3) is 8.53. The van der Waals surface area contributed by atoms with Crippen LogP contribution >= 0.6 is 15.9 Å². The summed E-state index contributed by atoms with van der Waals surface area (Å²) in [6.45, 7) is 2.08. The second kappa shape index (κ2) is 14.4. The van der Waals surface area contributed by atoms with Crippen molar-refractivity contribution in [1.82, 2.24) is 10.2 Å². The topological polar surface area (TPSA) is 95.7 Å². The summed E-state index contributed by atoms with van der Waals surface area (Å²) in [7, 11) is 0. The number of halogens is 1. The summed E-state index contributed by atoms with van der Waals surface area (Å²) in [6.07, 6.45) is 1.72. The molecule has 4 rings (SSSR count). The number of phenols is 1. The number of amides is 2. The molecule has 4 aromatic carbocycles. The van der Waals surface area contributed by atoms with Gasteiger partial charge < -0.3 is 21.1 Å². The Morgan fingerprint density at radius 3 is 2.23 bits per heavy atom. The molecule has 0 saturated heterocycles. The summed E-state index contributed by atoms with van der Waals surface area (Å²) < 4.78 is 0.974. The molecule has 0 fully saturated rings. The number of hydrogen-bond donors (Lipinski definition) is 3. The second-order valence-electron chi connectivity index (χ2n) is 9.71. The van der Waals surface area contributed by atoms with Gasteiger partial charge in [0.15, 0.2) is 0 Å². The van der Waals surface area contributed by atoms with Crippen molar-refractivity contribution >= 4 is 27.7 Å². The van der Waals surface area contributed by atoms with Gasteiger partial charge in [-0.1, -0.05) is 70.5 Å². The van der Waals surface area contributed by atoms with Gasteiger partial charge in [-0.2, -0.15) is 0 Å². The zero-order valence-electron chi connectivity index (χ0n) is 22.4. The average Bonchev–Trinajstić information content (AvgIpc) is 2.97. The lowest BCUT2D eigenvalue weighted by Crippen LogP contribution is -2.33. The van der Waals surface area contributed by atoms with Crippen molar-refractivity contribution in [1.29, 1.82) is 0 Å². The van der Waals surface area contributed by atoms with E-state index in [0.29, 0.717) is 44.6 Å². The van der Waals surface area contributed by atoms with Crippen LogP contribution in [0.1, 0.15) is 33.5 Å². The number of hydrogen-bond acceptors (Lipinski definition) is 4. The van der Waals surface area contributed by atoms with E-state index < -0.39 is 0 Å². The third-order valence-corrected chi connectivity index (χ3v) is 7.18. The average molecular weight is 601 g/mol. The largest absolute Gasteiger partial charge is 0.508 e. The van der Waals surface area contributed by atoms with Crippen LogP contribution in [-0.2, 0) is 24.2 Å². The predicted molar refractivity (Wildman–Crippen MR) is 163 cm³/mol. The summed E-state index contributed by atoms with van der Waals surface area (Å²) in [5.74, 6) is 0.147. The lowest BCUT2D eigenvalue weighted by molar-refractivity contribution is -0.131. The molecular formula is C33H34BrN3O3. The molecule has 206 valence electrons. The lowest BCUT2D eigenvalue weighted by Gasteiger charge is -2.24. The van der Waals surface area contributed by atoms with E-state index in [-0.39, 0.29) is 17.6 Å².